The summed E-state index contributed by atoms with van der Waals surface area (Å²) in [7, 11) is 0. The zero-order valence-electron chi connectivity index (χ0n) is 9.04. The van der Waals surface area contributed by atoms with E-state index in [1.807, 2.05) is 6.92 Å². The van der Waals surface area contributed by atoms with Gasteiger partial charge in [-0.3, -0.25) is 4.79 Å². The first kappa shape index (κ1) is 12.6. The molecular weight excluding hydrogens is 277 g/mol. The van der Waals surface area contributed by atoms with E-state index in [0.717, 1.165) is 5.01 Å². The molecule has 0 atom stereocenters. The molecule has 0 fully saturated rings. The summed E-state index contributed by atoms with van der Waals surface area (Å²) in [6.07, 6.45) is 0.182. The maximum atomic E-state index is 12.0. The first-order valence-electron chi connectivity index (χ1n) is 4.96. The number of aromatic nitrogens is 1. The summed E-state index contributed by atoms with van der Waals surface area (Å²) in [5.74, 6) is -0.0654. The van der Waals surface area contributed by atoms with E-state index in [1.165, 1.54) is 11.3 Å². The number of halogens is 2. The number of aryl methyl sites for hydroxylation is 1. The van der Waals surface area contributed by atoms with Crippen LogP contribution >= 0.6 is 34.5 Å². The van der Waals surface area contributed by atoms with E-state index in [1.54, 1.807) is 23.6 Å². The maximum absolute atomic E-state index is 12.0. The van der Waals surface area contributed by atoms with Gasteiger partial charge in [0.2, 0.25) is 0 Å². The molecule has 0 saturated carbocycles. The molecule has 1 heterocycles. The van der Waals surface area contributed by atoms with Crippen LogP contribution in [0.2, 0.25) is 10.0 Å². The Bertz CT molecular complexity index is 545. The highest BCUT2D eigenvalue weighted by molar-refractivity contribution is 7.09. The summed E-state index contributed by atoms with van der Waals surface area (Å²) in [6.45, 7) is 1.87. The van der Waals surface area contributed by atoms with Crippen LogP contribution in [0.5, 0.6) is 0 Å². The fourth-order valence-corrected chi connectivity index (χ4v) is 2.59. The fourth-order valence-electron chi connectivity index (χ4n) is 1.44. The van der Waals surface area contributed by atoms with Crippen LogP contribution in [0.25, 0.3) is 0 Å². The van der Waals surface area contributed by atoms with Crippen molar-refractivity contribution in [3.05, 3.63) is 49.9 Å². The molecule has 0 bridgehead atoms. The average molecular weight is 286 g/mol. The Morgan fingerprint density at radius 3 is 2.53 bits per heavy atom. The molecule has 0 aliphatic carbocycles. The van der Waals surface area contributed by atoms with Crippen LogP contribution in [0.15, 0.2) is 23.6 Å². The van der Waals surface area contributed by atoms with E-state index in [2.05, 4.69) is 4.98 Å². The minimum atomic E-state index is -0.0654. The van der Waals surface area contributed by atoms with Crippen LogP contribution in [-0.4, -0.2) is 10.8 Å². The Balaban J connectivity index is 2.24. The molecule has 1 aromatic heterocycles. The lowest BCUT2D eigenvalue weighted by atomic mass is 10.1. The molecule has 0 saturated heterocycles. The molecule has 5 heteroatoms. The van der Waals surface area contributed by atoms with Gasteiger partial charge in [0.1, 0.15) is 5.69 Å². The van der Waals surface area contributed by atoms with E-state index in [-0.39, 0.29) is 12.2 Å². The number of hydrogen-bond acceptors (Lipinski definition) is 3. The molecule has 0 amide bonds. The standard InChI is InChI=1S/C12H9Cl2NOS/c1-7-15-11(6-17-7)12(16)5-8-9(13)3-2-4-10(8)14/h2-4,6H,5H2,1H3. The van der Waals surface area contributed by atoms with Crippen molar-refractivity contribution >= 4 is 40.3 Å². The van der Waals surface area contributed by atoms with Crippen molar-refractivity contribution in [2.45, 2.75) is 13.3 Å². The number of Topliss-reactive ketones (excluding diaryl/α,β-unsaturated/α-hetero) is 1. The summed E-state index contributed by atoms with van der Waals surface area (Å²) in [6, 6.07) is 5.20. The van der Waals surface area contributed by atoms with Crippen molar-refractivity contribution in [2.24, 2.45) is 0 Å². The van der Waals surface area contributed by atoms with Crippen molar-refractivity contribution in [3.63, 3.8) is 0 Å². The van der Waals surface area contributed by atoms with Crippen LogP contribution in [0.3, 0.4) is 0 Å². The Morgan fingerprint density at radius 2 is 2.00 bits per heavy atom. The van der Waals surface area contributed by atoms with Gasteiger partial charge in [-0.1, -0.05) is 29.3 Å². The third-order valence-electron chi connectivity index (χ3n) is 2.30. The molecule has 0 N–H and O–H groups in total. The maximum Gasteiger partial charge on any atom is 0.186 e. The molecule has 0 unspecified atom stereocenters. The summed E-state index contributed by atoms with van der Waals surface area (Å²) >= 11 is 13.5. The lowest BCUT2D eigenvalue weighted by molar-refractivity contribution is 0.0989. The number of benzene rings is 1. The van der Waals surface area contributed by atoms with Gasteiger partial charge < -0.3 is 0 Å². The Hall–Kier alpha value is -0.900. The average Bonchev–Trinajstić information content (AvgIpc) is 2.70. The van der Waals surface area contributed by atoms with Gasteiger partial charge in [-0.25, -0.2) is 4.98 Å². The molecule has 0 aliphatic heterocycles. The van der Waals surface area contributed by atoms with Gasteiger partial charge in [0.25, 0.3) is 0 Å². The summed E-state index contributed by atoms with van der Waals surface area (Å²) in [4.78, 5) is 16.1. The number of nitrogens with zero attached hydrogens (tertiary/aromatic N) is 1. The Morgan fingerprint density at radius 1 is 1.35 bits per heavy atom. The first-order valence-corrected chi connectivity index (χ1v) is 6.59. The number of carbonyl (C=O) groups is 1. The zero-order valence-corrected chi connectivity index (χ0v) is 11.4. The molecule has 88 valence electrons. The second kappa shape index (κ2) is 5.17. The van der Waals surface area contributed by atoms with Crippen LogP contribution in [-0.2, 0) is 6.42 Å². The topological polar surface area (TPSA) is 30.0 Å². The van der Waals surface area contributed by atoms with Gasteiger partial charge in [-0.05, 0) is 24.6 Å². The molecule has 0 spiro atoms. The fraction of sp³-hybridized carbons (Fsp3) is 0.167. The molecular formula is C12H9Cl2NOS. The van der Waals surface area contributed by atoms with Crippen LogP contribution in [0.1, 0.15) is 21.1 Å². The van der Waals surface area contributed by atoms with E-state index in [9.17, 15) is 4.79 Å². The molecule has 2 aromatic rings. The Kier molecular flexibility index (Phi) is 3.82. The van der Waals surface area contributed by atoms with Crippen molar-refractivity contribution in [1.29, 1.82) is 0 Å². The second-order valence-electron chi connectivity index (χ2n) is 3.55. The quantitative estimate of drug-likeness (QED) is 0.792. The van der Waals surface area contributed by atoms with E-state index < -0.39 is 0 Å². The van der Waals surface area contributed by atoms with Crippen molar-refractivity contribution in [2.75, 3.05) is 0 Å². The van der Waals surface area contributed by atoms with Crippen molar-refractivity contribution in [3.8, 4) is 0 Å². The van der Waals surface area contributed by atoms with Crippen LogP contribution in [0, 0.1) is 6.92 Å². The van der Waals surface area contributed by atoms with Crippen molar-refractivity contribution in [1.82, 2.24) is 4.98 Å². The van der Waals surface area contributed by atoms with Crippen LogP contribution < -0.4 is 0 Å². The largest absolute Gasteiger partial charge is 0.292 e. The van der Waals surface area contributed by atoms with Crippen LogP contribution in [0.4, 0.5) is 0 Å². The van der Waals surface area contributed by atoms with Gasteiger partial charge in [0.15, 0.2) is 5.78 Å². The van der Waals surface area contributed by atoms with Gasteiger partial charge in [0.05, 0.1) is 5.01 Å². The minimum Gasteiger partial charge on any atom is -0.292 e. The van der Waals surface area contributed by atoms with Gasteiger partial charge in [-0.2, -0.15) is 0 Å². The van der Waals surface area contributed by atoms with E-state index >= 15 is 0 Å². The molecule has 2 rings (SSSR count). The van der Waals surface area contributed by atoms with Gasteiger partial charge >= 0.3 is 0 Å². The van der Waals surface area contributed by atoms with E-state index in [0.29, 0.717) is 21.3 Å². The van der Waals surface area contributed by atoms with Gasteiger partial charge in [0, 0.05) is 21.8 Å². The lowest BCUT2D eigenvalue weighted by Gasteiger charge is -2.04. The second-order valence-corrected chi connectivity index (χ2v) is 5.43. The zero-order chi connectivity index (χ0) is 12.4. The Labute approximate surface area is 113 Å². The molecule has 2 nitrogen and oxygen atoms in total. The van der Waals surface area contributed by atoms with Gasteiger partial charge in [-0.15, -0.1) is 11.3 Å². The highest BCUT2D eigenvalue weighted by Gasteiger charge is 2.14. The SMILES string of the molecule is Cc1nc(C(=O)Cc2c(Cl)cccc2Cl)cs1. The predicted molar refractivity (Wildman–Crippen MR) is 71.3 cm³/mol. The summed E-state index contributed by atoms with van der Waals surface area (Å²) in [5, 5.41) is 3.65. The molecule has 17 heavy (non-hydrogen) atoms. The number of carbonyl (C=O) groups excluding carboxylic acids is 1. The first-order chi connectivity index (χ1) is 8.08. The van der Waals surface area contributed by atoms with Crippen molar-refractivity contribution < 1.29 is 4.79 Å². The van der Waals surface area contributed by atoms with E-state index in [4.69, 9.17) is 23.2 Å². The third-order valence-corrected chi connectivity index (χ3v) is 3.79. The summed E-state index contributed by atoms with van der Waals surface area (Å²) < 4.78 is 0. The molecule has 0 aliphatic rings. The normalized spacial score (nSPS) is 10.5. The summed E-state index contributed by atoms with van der Waals surface area (Å²) in [5.41, 5.74) is 1.13. The minimum absolute atomic E-state index is 0.0654. The third kappa shape index (κ3) is 2.86. The smallest absolute Gasteiger partial charge is 0.186 e. The molecule has 0 radical (unpaired) electrons. The molecule has 1 aromatic carbocycles. The number of hydrogen-bond donors (Lipinski definition) is 0. The number of rotatable bonds is 3. The highest BCUT2D eigenvalue weighted by atomic mass is 35.5. The number of thiazole rings is 1. The monoisotopic (exact) mass is 285 g/mol. The number of ketones is 1. The lowest BCUT2D eigenvalue weighted by Crippen LogP contribution is -2.05. The predicted octanol–water partition coefficient (Wildman–Crippen LogP) is 4.18. The highest BCUT2D eigenvalue weighted by Crippen LogP contribution is 2.25.